The molecule has 1 aliphatic rings. The molecule has 0 aliphatic carbocycles. The molecule has 6 nitrogen and oxygen atoms in total. The van der Waals surface area contributed by atoms with E-state index in [4.69, 9.17) is 10.4 Å². The number of benzene rings is 1. The Morgan fingerprint density at radius 3 is 2.53 bits per heavy atom. The second-order valence-corrected chi connectivity index (χ2v) is 4.41. The Balaban J connectivity index is 1.78. The molecule has 0 unspecified atom stereocenters. The summed E-state index contributed by atoms with van der Waals surface area (Å²) in [6.45, 7) is 0.877. The van der Waals surface area contributed by atoms with Crippen LogP contribution in [0.4, 0.5) is 4.79 Å². The molecule has 0 aromatic heterocycles. The first-order valence-corrected chi connectivity index (χ1v) is 5.85. The summed E-state index contributed by atoms with van der Waals surface area (Å²) < 4.78 is 0. The van der Waals surface area contributed by atoms with Gasteiger partial charge >= 0.3 is 12.0 Å². The zero-order chi connectivity index (χ0) is 13.8. The van der Waals surface area contributed by atoms with Gasteiger partial charge in [-0.3, -0.25) is 4.79 Å². The quantitative estimate of drug-likeness (QED) is 0.839. The monoisotopic (exact) mass is 259 g/mol. The topological polar surface area (TPSA) is 93.4 Å². The van der Waals surface area contributed by atoms with Gasteiger partial charge in [-0.1, -0.05) is 12.1 Å². The highest BCUT2D eigenvalue weighted by Gasteiger charge is 2.35. The molecule has 1 heterocycles. The first-order valence-electron chi connectivity index (χ1n) is 5.85. The maximum atomic E-state index is 11.7. The number of urea groups is 1. The molecule has 19 heavy (non-hydrogen) atoms. The Labute approximate surface area is 110 Å². The van der Waals surface area contributed by atoms with E-state index in [-0.39, 0.29) is 19.1 Å². The maximum Gasteiger partial charge on any atom is 0.317 e. The fourth-order valence-electron chi connectivity index (χ4n) is 1.79. The molecule has 1 saturated heterocycles. The Bertz CT molecular complexity index is 527. The van der Waals surface area contributed by atoms with Crippen LogP contribution >= 0.6 is 0 Å². The molecule has 0 bridgehead atoms. The van der Waals surface area contributed by atoms with Crippen molar-refractivity contribution in [2.45, 2.75) is 6.54 Å². The minimum atomic E-state index is -0.865. The van der Waals surface area contributed by atoms with E-state index in [9.17, 15) is 9.59 Å². The molecule has 0 atom stereocenters. The number of aliphatic carboxylic acids is 1. The molecule has 0 spiro atoms. The summed E-state index contributed by atoms with van der Waals surface area (Å²) in [6.07, 6.45) is 0. The summed E-state index contributed by atoms with van der Waals surface area (Å²) in [5, 5.41) is 20.1. The Morgan fingerprint density at radius 1 is 1.37 bits per heavy atom. The number of amides is 2. The van der Waals surface area contributed by atoms with Gasteiger partial charge in [-0.25, -0.2) is 4.79 Å². The van der Waals surface area contributed by atoms with Gasteiger partial charge in [0.05, 0.1) is 17.6 Å². The van der Waals surface area contributed by atoms with E-state index < -0.39 is 11.9 Å². The third kappa shape index (κ3) is 3.01. The number of rotatable bonds is 3. The Morgan fingerprint density at radius 2 is 2.00 bits per heavy atom. The van der Waals surface area contributed by atoms with Crippen molar-refractivity contribution < 1.29 is 14.7 Å². The standard InChI is InChI=1S/C13H13N3O3/c14-5-9-1-3-10(4-2-9)6-15-13(19)16-7-11(8-16)12(17)18/h1-4,11H,6-8H2,(H,15,19)(H,17,18). The third-order valence-electron chi connectivity index (χ3n) is 3.04. The molecule has 2 rings (SSSR count). The van der Waals surface area contributed by atoms with Crippen LogP contribution in [0.3, 0.4) is 0 Å². The van der Waals surface area contributed by atoms with Crippen LogP contribution in [0.25, 0.3) is 0 Å². The third-order valence-corrected chi connectivity index (χ3v) is 3.04. The van der Waals surface area contributed by atoms with E-state index >= 15 is 0 Å². The lowest BCUT2D eigenvalue weighted by molar-refractivity contribution is -0.146. The largest absolute Gasteiger partial charge is 0.481 e. The van der Waals surface area contributed by atoms with E-state index in [1.165, 1.54) is 4.90 Å². The summed E-state index contributed by atoms with van der Waals surface area (Å²) in [5.74, 6) is -1.31. The van der Waals surface area contributed by atoms with Crippen LogP contribution in [-0.2, 0) is 11.3 Å². The van der Waals surface area contributed by atoms with Gasteiger partial charge in [0.25, 0.3) is 0 Å². The highest BCUT2D eigenvalue weighted by atomic mass is 16.4. The molecule has 1 aromatic rings. The second kappa shape index (κ2) is 5.40. The molecule has 2 N–H and O–H groups in total. The van der Waals surface area contributed by atoms with Gasteiger partial charge in [0.2, 0.25) is 0 Å². The molecule has 2 amide bonds. The smallest absolute Gasteiger partial charge is 0.317 e. The average molecular weight is 259 g/mol. The Kier molecular flexibility index (Phi) is 3.66. The number of likely N-dealkylation sites (tertiary alicyclic amines) is 1. The summed E-state index contributed by atoms with van der Waals surface area (Å²) >= 11 is 0. The fraction of sp³-hybridized carbons (Fsp3) is 0.308. The normalized spacial score (nSPS) is 14.4. The van der Waals surface area contributed by atoms with Gasteiger partial charge in [0.15, 0.2) is 0 Å². The molecular weight excluding hydrogens is 246 g/mol. The lowest BCUT2D eigenvalue weighted by Crippen LogP contribution is -2.56. The van der Waals surface area contributed by atoms with Crippen LogP contribution in [-0.4, -0.2) is 35.1 Å². The fourth-order valence-corrected chi connectivity index (χ4v) is 1.79. The molecular formula is C13H13N3O3. The van der Waals surface area contributed by atoms with Gasteiger partial charge in [-0.2, -0.15) is 5.26 Å². The van der Waals surface area contributed by atoms with Crippen molar-refractivity contribution in [2.24, 2.45) is 5.92 Å². The van der Waals surface area contributed by atoms with Crippen LogP contribution in [0.5, 0.6) is 0 Å². The van der Waals surface area contributed by atoms with Gasteiger partial charge in [0, 0.05) is 19.6 Å². The predicted octanol–water partition coefficient (Wildman–Crippen LogP) is 0.784. The van der Waals surface area contributed by atoms with Crippen LogP contribution in [0.1, 0.15) is 11.1 Å². The number of carbonyl (C=O) groups is 2. The first-order chi connectivity index (χ1) is 9.10. The number of carbonyl (C=O) groups excluding carboxylic acids is 1. The minimum absolute atomic E-state index is 0.258. The van der Waals surface area contributed by atoms with Crippen molar-refractivity contribution >= 4 is 12.0 Å². The van der Waals surface area contributed by atoms with Crippen LogP contribution in [0.2, 0.25) is 0 Å². The van der Waals surface area contributed by atoms with Gasteiger partial charge in [0.1, 0.15) is 0 Å². The summed E-state index contributed by atoms with van der Waals surface area (Å²) in [4.78, 5) is 23.7. The molecule has 98 valence electrons. The molecule has 1 aromatic carbocycles. The van der Waals surface area contributed by atoms with Gasteiger partial charge < -0.3 is 15.3 Å². The number of nitrogens with zero attached hydrogens (tertiary/aromatic N) is 2. The SMILES string of the molecule is N#Cc1ccc(CNC(=O)N2CC(C(=O)O)C2)cc1. The average Bonchev–Trinajstić information content (AvgIpc) is 2.34. The van der Waals surface area contributed by atoms with Crippen molar-refractivity contribution in [3.63, 3.8) is 0 Å². The number of carboxylic acids is 1. The van der Waals surface area contributed by atoms with Crippen molar-refractivity contribution in [2.75, 3.05) is 13.1 Å². The maximum absolute atomic E-state index is 11.7. The Hall–Kier alpha value is -2.55. The zero-order valence-electron chi connectivity index (χ0n) is 10.2. The molecule has 1 aliphatic heterocycles. The van der Waals surface area contributed by atoms with Crippen molar-refractivity contribution in [3.05, 3.63) is 35.4 Å². The van der Waals surface area contributed by atoms with E-state index in [1.54, 1.807) is 24.3 Å². The summed E-state index contributed by atoms with van der Waals surface area (Å²) in [7, 11) is 0. The number of nitriles is 1. The zero-order valence-corrected chi connectivity index (χ0v) is 10.2. The van der Waals surface area contributed by atoms with E-state index in [1.807, 2.05) is 6.07 Å². The highest BCUT2D eigenvalue weighted by molar-refractivity contribution is 5.79. The first kappa shape index (κ1) is 12.9. The van der Waals surface area contributed by atoms with E-state index in [0.29, 0.717) is 12.1 Å². The predicted molar refractivity (Wildman–Crippen MR) is 66.1 cm³/mol. The van der Waals surface area contributed by atoms with E-state index in [0.717, 1.165) is 5.56 Å². The number of hydrogen-bond acceptors (Lipinski definition) is 3. The van der Waals surface area contributed by atoms with Crippen molar-refractivity contribution in [1.82, 2.24) is 10.2 Å². The van der Waals surface area contributed by atoms with E-state index in [2.05, 4.69) is 5.32 Å². The van der Waals surface area contributed by atoms with Crippen LogP contribution in [0.15, 0.2) is 24.3 Å². The lowest BCUT2D eigenvalue weighted by atomic mass is 10.0. The van der Waals surface area contributed by atoms with Crippen molar-refractivity contribution in [3.8, 4) is 6.07 Å². The minimum Gasteiger partial charge on any atom is -0.481 e. The summed E-state index contributed by atoms with van der Waals surface area (Å²) in [6, 6.07) is 8.68. The lowest BCUT2D eigenvalue weighted by Gasteiger charge is -2.36. The molecule has 0 saturated carbocycles. The summed E-state index contributed by atoms with van der Waals surface area (Å²) in [5.41, 5.74) is 1.46. The number of nitrogens with one attached hydrogen (secondary N) is 1. The molecule has 0 radical (unpaired) electrons. The van der Waals surface area contributed by atoms with Crippen LogP contribution < -0.4 is 5.32 Å². The highest BCUT2D eigenvalue weighted by Crippen LogP contribution is 2.15. The van der Waals surface area contributed by atoms with Crippen LogP contribution in [0, 0.1) is 17.2 Å². The number of carboxylic acid groups (broad SMARTS) is 1. The number of hydrogen-bond donors (Lipinski definition) is 2. The van der Waals surface area contributed by atoms with Gasteiger partial charge in [-0.15, -0.1) is 0 Å². The second-order valence-electron chi connectivity index (χ2n) is 4.41. The molecule has 6 heteroatoms. The van der Waals surface area contributed by atoms with Crippen molar-refractivity contribution in [1.29, 1.82) is 5.26 Å². The molecule has 1 fully saturated rings. The van der Waals surface area contributed by atoms with Gasteiger partial charge in [-0.05, 0) is 17.7 Å².